The van der Waals surface area contributed by atoms with Gasteiger partial charge in [-0.15, -0.1) is 0 Å². The lowest BCUT2D eigenvalue weighted by molar-refractivity contribution is -0.119. The summed E-state index contributed by atoms with van der Waals surface area (Å²) < 4.78 is 14.1. The monoisotopic (exact) mass is 302 g/mol. The fraction of sp³-hybridized carbons (Fsp3) is 0.417. The summed E-state index contributed by atoms with van der Waals surface area (Å²) in [5.41, 5.74) is 5.57. The van der Waals surface area contributed by atoms with Crippen LogP contribution in [0.1, 0.15) is 19.8 Å². The van der Waals surface area contributed by atoms with Gasteiger partial charge in [0, 0.05) is 10.4 Å². The standard InChI is InChI=1S/C12H16BrFN2O/c1-8(3-2-6-15)12(17)16-11-7-9(13)4-5-10(11)14/h4-5,7-8H,2-3,6,15H2,1H3,(H,16,17). The number of hydrogen-bond donors (Lipinski definition) is 2. The summed E-state index contributed by atoms with van der Waals surface area (Å²) in [5, 5.41) is 2.57. The zero-order valence-corrected chi connectivity index (χ0v) is 11.3. The third kappa shape index (κ3) is 4.44. The van der Waals surface area contributed by atoms with Gasteiger partial charge in [0.2, 0.25) is 5.91 Å². The molecule has 1 unspecified atom stereocenters. The first kappa shape index (κ1) is 14.1. The van der Waals surface area contributed by atoms with Crippen LogP contribution in [0.2, 0.25) is 0 Å². The van der Waals surface area contributed by atoms with Gasteiger partial charge in [0.15, 0.2) is 0 Å². The molecule has 3 N–H and O–H groups in total. The van der Waals surface area contributed by atoms with Crippen LogP contribution in [0, 0.1) is 11.7 Å². The molecule has 1 atom stereocenters. The van der Waals surface area contributed by atoms with Gasteiger partial charge in [0.1, 0.15) is 5.82 Å². The summed E-state index contributed by atoms with van der Waals surface area (Å²) in [6.07, 6.45) is 1.49. The highest BCUT2D eigenvalue weighted by molar-refractivity contribution is 9.10. The molecule has 94 valence electrons. The Kier molecular flexibility index (Phi) is 5.58. The Morgan fingerprint density at radius 3 is 2.94 bits per heavy atom. The first-order valence-corrected chi connectivity index (χ1v) is 6.30. The predicted molar refractivity (Wildman–Crippen MR) is 70.2 cm³/mol. The van der Waals surface area contributed by atoms with E-state index >= 15 is 0 Å². The van der Waals surface area contributed by atoms with Crippen molar-refractivity contribution in [1.82, 2.24) is 0 Å². The normalized spacial score (nSPS) is 12.2. The van der Waals surface area contributed by atoms with Crippen molar-refractivity contribution < 1.29 is 9.18 Å². The minimum atomic E-state index is -0.437. The van der Waals surface area contributed by atoms with E-state index in [2.05, 4.69) is 21.2 Å². The second kappa shape index (κ2) is 6.71. The molecule has 0 saturated heterocycles. The maximum atomic E-state index is 13.4. The van der Waals surface area contributed by atoms with Crippen LogP contribution < -0.4 is 11.1 Å². The maximum Gasteiger partial charge on any atom is 0.227 e. The molecule has 0 heterocycles. The van der Waals surface area contributed by atoms with Crippen LogP contribution in [0.25, 0.3) is 0 Å². The molecule has 0 spiro atoms. The van der Waals surface area contributed by atoms with Crippen molar-refractivity contribution in [3.05, 3.63) is 28.5 Å². The van der Waals surface area contributed by atoms with E-state index in [1.165, 1.54) is 6.07 Å². The van der Waals surface area contributed by atoms with E-state index in [9.17, 15) is 9.18 Å². The quantitative estimate of drug-likeness (QED) is 0.879. The van der Waals surface area contributed by atoms with Crippen molar-refractivity contribution in [3.63, 3.8) is 0 Å². The molecule has 5 heteroatoms. The fourth-order valence-corrected chi connectivity index (χ4v) is 1.77. The number of carbonyl (C=O) groups excluding carboxylic acids is 1. The van der Waals surface area contributed by atoms with Gasteiger partial charge in [0.05, 0.1) is 5.69 Å². The second-order valence-corrected chi connectivity index (χ2v) is 4.86. The first-order valence-electron chi connectivity index (χ1n) is 5.50. The van der Waals surface area contributed by atoms with E-state index in [-0.39, 0.29) is 17.5 Å². The third-order valence-electron chi connectivity index (χ3n) is 2.48. The van der Waals surface area contributed by atoms with Gasteiger partial charge in [-0.1, -0.05) is 22.9 Å². The Labute approximate surface area is 109 Å². The number of anilines is 1. The van der Waals surface area contributed by atoms with Gasteiger partial charge < -0.3 is 11.1 Å². The van der Waals surface area contributed by atoms with Gasteiger partial charge in [0.25, 0.3) is 0 Å². The number of amides is 1. The van der Waals surface area contributed by atoms with E-state index in [4.69, 9.17) is 5.73 Å². The summed E-state index contributed by atoms with van der Waals surface area (Å²) in [4.78, 5) is 11.7. The van der Waals surface area contributed by atoms with Crippen LogP contribution in [0.4, 0.5) is 10.1 Å². The minimum Gasteiger partial charge on any atom is -0.330 e. The van der Waals surface area contributed by atoms with Gasteiger partial charge >= 0.3 is 0 Å². The average Bonchev–Trinajstić information content (AvgIpc) is 2.30. The topological polar surface area (TPSA) is 55.1 Å². The molecule has 0 aliphatic heterocycles. The number of rotatable bonds is 5. The molecule has 1 aromatic carbocycles. The van der Waals surface area contributed by atoms with Gasteiger partial charge in [-0.05, 0) is 37.6 Å². The molecule has 17 heavy (non-hydrogen) atoms. The van der Waals surface area contributed by atoms with Gasteiger partial charge in [-0.3, -0.25) is 4.79 Å². The molecule has 0 bridgehead atoms. The van der Waals surface area contributed by atoms with Crippen molar-refractivity contribution in [3.8, 4) is 0 Å². The molecule has 1 amide bonds. The summed E-state index contributed by atoms with van der Waals surface area (Å²) in [6, 6.07) is 4.44. The van der Waals surface area contributed by atoms with Crippen molar-refractivity contribution in [2.45, 2.75) is 19.8 Å². The Morgan fingerprint density at radius 1 is 1.59 bits per heavy atom. The lowest BCUT2D eigenvalue weighted by Crippen LogP contribution is -2.21. The molecular weight excluding hydrogens is 287 g/mol. The van der Waals surface area contributed by atoms with Crippen LogP contribution in [0.3, 0.4) is 0 Å². The average molecular weight is 303 g/mol. The number of nitrogens with one attached hydrogen (secondary N) is 1. The largest absolute Gasteiger partial charge is 0.330 e. The van der Waals surface area contributed by atoms with Crippen molar-refractivity contribution in [2.24, 2.45) is 11.7 Å². The fourth-order valence-electron chi connectivity index (χ4n) is 1.40. The van der Waals surface area contributed by atoms with Crippen LogP contribution in [0.15, 0.2) is 22.7 Å². The highest BCUT2D eigenvalue weighted by Crippen LogP contribution is 2.21. The minimum absolute atomic E-state index is 0.170. The summed E-state index contributed by atoms with van der Waals surface area (Å²) in [6.45, 7) is 2.36. The zero-order valence-electron chi connectivity index (χ0n) is 9.67. The Hall–Kier alpha value is -0.940. The molecule has 1 aromatic rings. The highest BCUT2D eigenvalue weighted by Gasteiger charge is 2.14. The van der Waals surface area contributed by atoms with Crippen LogP contribution >= 0.6 is 15.9 Å². The predicted octanol–water partition coefficient (Wildman–Crippen LogP) is 2.90. The Balaban J connectivity index is 2.64. The van der Waals surface area contributed by atoms with Gasteiger partial charge in [-0.2, -0.15) is 0 Å². The maximum absolute atomic E-state index is 13.4. The van der Waals surface area contributed by atoms with Crippen LogP contribution in [0.5, 0.6) is 0 Å². The highest BCUT2D eigenvalue weighted by atomic mass is 79.9. The number of benzene rings is 1. The van der Waals surface area contributed by atoms with E-state index in [0.29, 0.717) is 13.0 Å². The lowest BCUT2D eigenvalue weighted by atomic mass is 10.0. The van der Waals surface area contributed by atoms with Crippen molar-refractivity contribution in [1.29, 1.82) is 0 Å². The Morgan fingerprint density at radius 2 is 2.29 bits per heavy atom. The molecule has 0 aliphatic carbocycles. The van der Waals surface area contributed by atoms with E-state index in [1.54, 1.807) is 19.1 Å². The molecule has 0 aliphatic rings. The summed E-state index contributed by atoms with van der Waals surface area (Å²) in [7, 11) is 0. The number of nitrogens with two attached hydrogens (primary N) is 1. The SMILES string of the molecule is CC(CCCN)C(=O)Nc1cc(Br)ccc1F. The molecule has 0 radical (unpaired) electrons. The van der Waals surface area contributed by atoms with E-state index < -0.39 is 5.82 Å². The third-order valence-corrected chi connectivity index (χ3v) is 2.97. The second-order valence-electron chi connectivity index (χ2n) is 3.95. The number of hydrogen-bond acceptors (Lipinski definition) is 2. The lowest BCUT2D eigenvalue weighted by Gasteiger charge is -2.12. The van der Waals surface area contributed by atoms with E-state index in [0.717, 1.165) is 10.9 Å². The summed E-state index contributed by atoms with van der Waals surface area (Å²) in [5.74, 6) is -0.792. The molecule has 0 saturated carbocycles. The Bertz CT molecular complexity index is 398. The molecule has 3 nitrogen and oxygen atoms in total. The molecule has 1 rings (SSSR count). The molecule has 0 aromatic heterocycles. The number of carbonyl (C=O) groups is 1. The van der Waals surface area contributed by atoms with Crippen LogP contribution in [-0.2, 0) is 4.79 Å². The van der Waals surface area contributed by atoms with Gasteiger partial charge in [-0.25, -0.2) is 4.39 Å². The smallest absolute Gasteiger partial charge is 0.227 e. The van der Waals surface area contributed by atoms with Crippen molar-refractivity contribution in [2.75, 3.05) is 11.9 Å². The number of halogens is 2. The van der Waals surface area contributed by atoms with Crippen LogP contribution in [-0.4, -0.2) is 12.5 Å². The molecule has 0 fully saturated rings. The zero-order chi connectivity index (χ0) is 12.8. The molecular formula is C12H16BrFN2O. The summed E-state index contributed by atoms with van der Waals surface area (Å²) >= 11 is 3.23. The van der Waals surface area contributed by atoms with E-state index in [1.807, 2.05) is 0 Å². The first-order chi connectivity index (χ1) is 8.04. The van der Waals surface area contributed by atoms with Crippen molar-refractivity contribution >= 4 is 27.5 Å².